The zero-order valence-corrected chi connectivity index (χ0v) is 32.8. The van der Waals surface area contributed by atoms with Crippen molar-refractivity contribution in [1.29, 1.82) is 0 Å². The Hall–Kier alpha value is -5.69. The number of aromatic nitrogens is 4. The second kappa shape index (κ2) is 11.9. The van der Waals surface area contributed by atoms with Gasteiger partial charge in [0.25, 0.3) is 0 Å². The smallest absolute Gasteiger partial charge is 0.201 e. The molecule has 7 heteroatoms. The average molecular weight is 715 g/mol. The van der Waals surface area contributed by atoms with Gasteiger partial charge in [0, 0.05) is 21.6 Å². The maximum atomic E-state index is 6.91. The molecule has 4 heterocycles. The summed E-state index contributed by atoms with van der Waals surface area (Å²) in [5.74, 6) is 2.55. The first kappa shape index (κ1) is 34.1. The van der Waals surface area contributed by atoms with Crippen LogP contribution in [0.1, 0.15) is 104 Å². The van der Waals surface area contributed by atoms with Crippen LogP contribution in [0.5, 0.6) is 0 Å². The normalized spacial score (nSPS) is 13.0. The molecule has 7 nitrogen and oxygen atoms in total. The Morgan fingerprint density at radius 1 is 0.556 bits per heavy atom. The molecular formula is C47H46N4O3. The second-order valence-corrected chi connectivity index (χ2v) is 17.3. The van der Waals surface area contributed by atoms with E-state index < -0.39 is 0 Å². The lowest BCUT2D eigenvalue weighted by atomic mass is 9.88. The molecule has 0 amide bonds. The molecule has 0 saturated heterocycles. The zero-order chi connectivity index (χ0) is 37.8. The van der Waals surface area contributed by atoms with Gasteiger partial charge in [-0.25, -0.2) is 15.0 Å². The summed E-state index contributed by atoms with van der Waals surface area (Å²) in [5.41, 5.74) is 12.5. The molecule has 54 heavy (non-hydrogen) atoms. The number of oxazole rings is 2. The molecule has 0 fully saturated rings. The molecule has 9 rings (SSSR count). The fraction of sp³-hybridized carbons (Fsp3) is 0.298. The van der Waals surface area contributed by atoms with Gasteiger partial charge in [-0.15, -0.1) is 0 Å². The van der Waals surface area contributed by atoms with E-state index in [-0.39, 0.29) is 22.7 Å². The van der Waals surface area contributed by atoms with Crippen LogP contribution in [0.15, 0.2) is 98.2 Å². The first-order valence-corrected chi connectivity index (χ1v) is 19.0. The van der Waals surface area contributed by atoms with E-state index in [0.717, 1.165) is 61.1 Å². The van der Waals surface area contributed by atoms with Crippen molar-refractivity contribution in [2.24, 2.45) is 0 Å². The molecule has 0 saturated carbocycles. The minimum Gasteiger partial charge on any atom is -0.451 e. The zero-order valence-electron chi connectivity index (χ0n) is 32.8. The summed E-state index contributed by atoms with van der Waals surface area (Å²) < 4.78 is 22.2. The van der Waals surface area contributed by atoms with E-state index in [4.69, 9.17) is 28.2 Å². The summed E-state index contributed by atoms with van der Waals surface area (Å²) in [6.45, 7) is 21.8. The van der Waals surface area contributed by atoms with E-state index in [1.165, 1.54) is 22.3 Å². The number of para-hydroxylation sites is 1. The van der Waals surface area contributed by atoms with Crippen molar-refractivity contribution in [3.05, 3.63) is 108 Å². The summed E-state index contributed by atoms with van der Waals surface area (Å²) >= 11 is 0. The first-order valence-electron chi connectivity index (χ1n) is 19.0. The van der Waals surface area contributed by atoms with Crippen LogP contribution in [0.2, 0.25) is 0 Å². The Bertz CT molecular complexity index is 2870. The average Bonchev–Trinajstić information content (AvgIpc) is 3.92. The molecule has 0 N–H and O–H groups in total. The van der Waals surface area contributed by atoms with Crippen molar-refractivity contribution in [3.63, 3.8) is 0 Å². The van der Waals surface area contributed by atoms with Gasteiger partial charge < -0.3 is 13.3 Å². The number of hydrogen-bond acceptors (Lipinski definition) is 6. The number of nitrogens with zero attached hydrogens (tertiary/aromatic N) is 4. The number of imidazole rings is 1. The Morgan fingerprint density at radius 2 is 1.20 bits per heavy atom. The standard InChI is InChI=1S/C47H46N4O3/c1-25(2)32-23-28(27-15-12-11-13-16-27)24-33(26(3)4)38(32)51-39-34(21-22-36-37(39)50-45(52-36)47(8,9)10)48-43(51)31-18-14-17-29-30-19-20-35-42(41(30)53-40(29)31)54-44(49-35)46(5,6)7/h11-26H,1-10H3. The molecule has 5 aromatic carbocycles. The maximum Gasteiger partial charge on any atom is 0.201 e. The molecule has 4 aromatic heterocycles. The highest BCUT2D eigenvalue weighted by Gasteiger charge is 2.30. The van der Waals surface area contributed by atoms with Gasteiger partial charge >= 0.3 is 0 Å². The molecular weight excluding hydrogens is 669 g/mol. The van der Waals surface area contributed by atoms with Crippen molar-refractivity contribution >= 4 is 55.2 Å². The third-order valence-electron chi connectivity index (χ3n) is 10.5. The molecule has 272 valence electrons. The van der Waals surface area contributed by atoms with Crippen molar-refractivity contribution < 1.29 is 13.3 Å². The van der Waals surface area contributed by atoms with Crippen molar-refractivity contribution in [2.45, 2.75) is 91.9 Å². The summed E-state index contributed by atoms with van der Waals surface area (Å²) in [6.07, 6.45) is 0. The van der Waals surface area contributed by atoms with Crippen LogP contribution >= 0.6 is 0 Å². The monoisotopic (exact) mass is 714 g/mol. The highest BCUT2D eigenvalue weighted by atomic mass is 16.4. The van der Waals surface area contributed by atoms with Gasteiger partial charge in [-0.1, -0.05) is 112 Å². The third-order valence-corrected chi connectivity index (χ3v) is 10.5. The van der Waals surface area contributed by atoms with Gasteiger partial charge in [-0.05, 0) is 76.6 Å². The van der Waals surface area contributed by atoms with E-state index >= 15 is 0 Å². The van der Waals surface area contributed by atoms with Gasteiger partial charge in [0.1, 0.15) is 28.0 Å². The fourth-order valence-corrected chi connectivity index (χ4v) is 7.62. The van der Waals surface area contributed by atoms with Crippen LogP contribution in [-0.4, -0.2) is 19.5 Å². The molecule has 0 radical (unpaired) electrons. The molecule has 0 spiro atoms. The summed E-state index contributed by atoms with van der Waals surface area (Å²) in [6, 6.07) is 29.9. The van der Waals surface area contributed by atoms with Crippen LogP contribution in [0.4, 0.5) is 0 Å². The van der Waals surface area contributed by atoms with Crippen LogP contribution in [0, 0.1) is 0 Å². The SMILES string of the molecule is CC(C)c1cc(-c2ccccc2)cc(C(C)C)c1-n1c(-c2cccc3c2oc2c3ccc3nc(C(C)(C)C)oc32)nc2ccc3oc(C(C)(C)C)nc3c21. The van der Waals surface area contributed by atoms with E-state index in [9.17, 15) is 0 Å². The molecule has 0 aliphatic heterocycles. The van der Waals surface area contributed by atoms with E-state index in [1.807, 2.05) is 12.1 Å². The lowest BCUT2D eigenvalue weighted by Crippen LogP contribution is -2.11. The van der Waals surface area contributed by atoms with E-state index in [0.29, 0.717) is 22.9 Å². The lowest BCUT2D eigenvalue weighted by Gasteiger charge is -2.24. The van der Waals surface area contributed by atoms with E-state index in [2.05, 4.69) is 147 Å². The van der Waals surface area contributed by atoms with Gasteiger partial charge in [0.15, 0.2) is 16.7 Å². The third kappa shape index (κ3) is 5.27. The largest absolute Gasteiger partial charge is 0.451 e. The Labute approximate surface area is 315 Å². The van der Waals surface area contributed by atoms with Crippen LogP contribution in [0.25, 0.3) is 83.4 Å². The summed E-state index contributed by atoms with van der Waals surface area (Å²) in [7, 11) is 0. The minimum atomic E-state index is -0.276. The molecule has 0 bridgehead atoms. The molecule has 0 unspecified atom stereocenters. The number of fused-ring (bicyclic) bond motifs is 8. The van der Waals surface area contributed by atoms with Crippen molar-refractivity contribution in [2.75, 3.05) is 0 Å². The maximum absolute atomic E-state index is 6.91. The predicted molar refractivity (Wildman–Crippen MR) is 220 cm³/mol. The fourth-order valence-electron chi connectivity index (χ4n) is 7.62. The van der Waals surface area contributed by atoms with Gasteiger partial charge in [-0.2, -0.15) is 0 Å². The topological polar surface area (TPSA) is 83.0 Å². The number of hydrogen-bond donors (Lipinski definition) is 0. The van der Waals surface area contributed by atoms with Gasteiger partial charge in [-0.3, -0.25) is 4.57 Å². The van der Waals surface area contributed by atoms with Gasteiger partial charge in [0.05, 0.1) is 16.8 Å². The lowest BCUT2D eigenvalue weighted by molar-refractivity contribution is 0.410. The molecule has 9 aromatic rings. The predicted octanol–water partition coefficient (Wildman–Crippen LogP) is 13.4. The molecule has 0 atom stereocenters. The number of benzene rings is 5. The van der Waals surface area contributed by atoms with Crippen molar-refractivity contribution in [1.82, 2.24) is 19.5 Å². The summed E-state index contributed by atoms with van der Waals surface area (Å²) in [4.78, 5) is 15.5. The van der Waals surface area contributed by atoms with Crippen LogP contribution in [-0.2, 0) is 10.8 Å². The quantitative estimate of drug-likeness (QED) is 0.176. The highest BCUT2D eigenvalue weighted by molar-refractivity contribution is 6.15. The second-order valence-electron chi connectivity index (χ2n) is 17.3. The highest BCUT2D eigenvalue weighted by Crippen LogP contribution is 2.45. The van der Waals surface area contributed by atoms with Crippen LogP contribution < -0.4 is 0 Å². The van der Waals surface area contributed by atoms with Crippen molar-refractivity contribution in [3.8, 4) is 28.2 Å². The Morgan fingerprint density at radius 3 is 1.87 bits per heavy atom. The summed E-state index contributed by atoms with van der Waals surface area (Å²) in [5, 5.41) is 1.97. The Kier molecular flexibility index (Phi) is 7.52. The van der Waals surface area contributed by atoms with Crippen LogP contribution in [0.3, 0.4) is 0 Å². The van der Waals surface area contributed by atoms with Gasteiger partial charge in [0.2, 0.25) is 11.8 Å². The number of furan rings is 1. The molecule has 0 aliphatic carbocycles. The first-order chi connectivity index (χ1) is 25.7. The molecule has 0 aliphatic rings. The Balaban J connectivity index is 1.42. The minimum absolute atomic E-state index is 0.201. The van der Waals surface area contributed by atoms with E-state index in [1.54, 1.807) is 0 Å². The number of rotatable bonds is 5.